The van der Waals surface area contributed by atoms with Crippen LogP contribution in [0.4, 0.5) is 0 Å². The summed E-state index contributed by atoms with van der Waals surface area (Å²) in [5, 5.41) is 9.78. The van der Waals surface area contributed by atoms with E-state index in [1.54, 1.807) is 45.9 Å². The summed E-state index contributed by atoms with van der Waals surface area (Å²) >= 11 is 0. The van der Waals surface area contributed by atoms with Crippen LogP contribution in [0.3, 0.4) is 0 Å². The maximum absolute atomic E-state index is 12.6. The van der Waals surface area contributed by atoms with Crippen molar-refractivity contribution in [3.63, 3.8) is 0 Å². The van der Waals surface area contributed by atoms with Crippen molar-refractivity contribution in [2.75, 3.05) is 6.61 Å². The molecule has 0 radical (unpaired) electrons. The van der Waals surface area contributed by atoms with E-state index in [0.717, 1.165) is 11.3 Å². The molecule has 0 aliphatic heterocycles. The molecule has 0 saturated heterocycles. The van der Waals surface area contributed by atoms with Gasteiger partial charge in [0.1, 0.15) is 0 Å². The molecule has 0 spiro atoms. The molecular weight excluding hydrogens is 386 g/mol. The predicted octanol–water partition coefficient (Wildman–Crippen LogP) is 3.99. The third-order valence-corrected chi connectivity index (χ3v) is 8.76. The summed E-state index contributed by atoms with van der Waals surface area (Å²) < 4.78 is 27.4. The summed E-state index contributed by atoms with van der Waals surface area (Å²) in [6.45, 7) is 5.52. The molecule has 2 rings (SSSR count). The predicted molar refractivity (Wildman–Crippen MR) is 112 cm³/mol. The Morgan fingerprint density at radius 2 is 1.69 bits per heavy atom. The van der Waals surface area contributed by atoms with Crippen LogP contribution in [0, 0.1) is 6.92 Å². The first-order valence-corrected chi connectivity index (χ1v) is 12.1. The molecule has 142 valence electrons. The highest BCUT2D eigenvalue weighted by Crippen LogP contribution is 2.40. The van der Waals surface area contributed by atoms with Gasteiger partial charge >= 0.3 is 0 Å². The summed E-state index contributed by atoms with van der Waals surface area (Å²) in [7, 11) is -0.456. The second-order valence-electron chi connectivity index (χ2n) is 6.60. The Hall–Kier alpha value is -0.990. The fourth-order valence-electron chi connectivity index (χ4n) is 2.25. The van der Waals surface area contributed by atoms with E-state index >= 15 is 0 Å². The average molecular weight is 412 g/mol. The first kappa shape index (κ1) is 21.3. The van der Waals surface area contributed by atoms with Crippen LogP contribution in [0.5, 0.6) is 0 Å². The third-order valence-electron chi connectivity index (χ3n) is 3.99. The monoisotopic (exact) mass is 411 g/mol. The Balaban J connectivity index is 2.01. The lowest BCUT2D eigenvalue weighted by atomic mass is 10.1. The molecule has 1 atom stereocenters. The summed E-state index contributed by atoms with van der Waals surface area (Å²) in [6.07, 6.45) is 0. The Morgan fingerprint density at radius 3 is 2.27 bits per heavy atom. The van der Waals surface area contributed by atoms with Gasteiger partial charge in [0.2, 0.25) is 10.0 Å². The second-order valence-corrected chi connectivity index (χ2v) is 11.3. The number of rotatable bonds is 9. The zero-order valence-electron chi connectivity index (χ0n) is 15.2. The van der Waals surface area contributed by atoms with Crippen LogP contribution in [0.25, 0.3) is 0 Å². The maximum Gasteiger partial charge on any atom is 0.240 e. The lowest BCUT2D eigenvalue weighted by Gasteiger charge is -2.32. The van der Waals surface area contributed by atoms with Crippen molar-refractivity contribution >= 4 is 31.6 Å². The number of aliphatic hydroxyl groups is 1. The Labute approximate surface area is 164 Å². The van der Waals surface area contributed by atoms with Crippen LogP contribution in [0.1, 0.15) is 25.0 Å². The van der Waals surface area contributed by atoms with Crippen LogP contribution >= 0.6 is 21.6 Å². The maximum atomic E-state index is 12.6. The molecule has 1 unspecified atom stereocenters. The van der Waals surface area contributed by atoms with E-state index in [9.17, 15) is 13.5 Å². The number of nitrogens with one attached hydrogen (secondary N) is 1. The van der Waals surface area contributed by atoms with Crippen LogP contribution in [-0.4, -0.2) is 30.9 Å². The molecule has 0 aliphatic carbocycles. The molecule has 0 aliphatic rings. The van der Waals surface area contributed by atoms with Crippen LogP contribution in [-0.2, 0) is 15.8 Å². The van der Waals surface area contributed by atoms with Crippen LogP contribution in [0.15, 0.2) is 59.5 Å². The van der Waals surface area contributed by atoms with Crippen molar-refractivity contribution in [3.05, 3.63) is 65.7 Å². The molecule has 2 aromatic carbocycles. The van der Waals surface area contributed by atoms with Gasteiger partial charge in [-0.2, -0.15) is 0 Å². The Morgan fingerprint density at radius 1 is 1.08 bits per heavy atom. The highest BCUT2D eigenvalue weighted by molar-refractivity contribution is 8.76. The van der Waals surface area contributed by atoms with E-state index in [0.29, 0.717) is 0 Å². The molecule has 4 nitrogen and oxygen atoms in total. The van der Waals surface area contributed by atoms with E-state index < -0.39 is 20.8 Å². The van der Waals surface area contributed by atoms with E-state index in [-0.39, 0.29) is 11.5 Å². The van der Waals surface area contributed by atoms with Crippen molar-refractivity contribution in [2.24, 2.45) is 0 Å². The molecule has 2 aromatic rings. The quantitative estimate of drug-likeness (QED) is 0.611. The first-order chi connectivity index (χ1) is 12.2. The van der Waals surface area contributed by atoms with Crippen LogP contribution < -0.4 is 4.72 Å². The van der Waals surface area contributed by atoms with Gasteiger partial charge in [-0.25, -0.2) is 13.1 Å². The van der Waals surface area contributed by atoms with Gasteiger partial charge in [0.25, 0.3) is 0 Å². The third kappa shape index (κ3) is 6.03. The van der Waals surface area contributed by atoms with Crippen molar-refractivity contribution < 1.29 is 13.5 Å². The Bertz CT molecular complexity index is 791. The standard InChI is InChI=1S/C19H25NO3S3/c1-15-9-11-17(12-10-15)26(22,23)20-18(13-21)19(2,3)25-24-14-16-7-5-4-6-8-16/h4-12,18,20-21H,13-14H2,1-3H3. The minimum absolute atomic E-state index is 0.208. The van der Waals surface area contributed by atoms with Crippen LogP contribution in [0.2, 0.25) is 0 Å². The van der Waals surface area contributed by atoms with Crippen molar-refractivity contribution in [2.45, 2.75) is 42.2 Å². The summed E-state index contributed by atoms with van der Waals surface area (Å²) in [5.74, 6) is 0.817. The van der Waals surface area contributed by atoms with Gasteiger partial charge in [-0.05, 0) is 38.5 Å². The molecule has 0 heterocycles. The molecule has 0 fully saturated rings. The normalized spacial score (nSPS) is 13.5. The molecule has 2 N–H and O–H groups in total. The molecule has 26 heavy (non-hydrogen) atoms. The van der Waals surface area contributed by atoms with Gasteiger partial charge in [-0.3, -0.25) is 0 Å². The number of aliphatic hydroxyl groups excluding tert-OH is 1. The highest BCUT2D eigenvalue weighted by atomic mass is 33.1. The molecular formula is C19H25NO3S3. The zero-order valence-corrected chi connectivity index (χ0v) is 17.6. The fourth-order valence-corrected chi connectivity index (χ4v) is 6.49. The first-order valence-electron chi connectivity index (χ1n) is 8.29. The molecule has 0 saturated carbocycles. The van der Waals surface area contributed by atoms with Gasteiger partial charge in [-0.1, -0.05) is 69.6 Å². The topological polar surface area (TPSA) is 66.4 Å². The number of benzene rings is 2. The molecule has 0 amide bonds. The number of hydrogen-bond acceptors (Lipinski definition) is 5. The van der Waals surface area contributed by atoms with Gasteiger partial charge in [0, 0.05) is 10.5 Å². The second kappa shape index (κ2) is 9.28. The molecule has 7 heteroatoms. The SMILES string of the molecule is Cc1ccc(S(=O)(=O)NC(CO)C(C)(C)SSCc2ccccc2)cc1. The highest BCUT2D eigenvalue weighted by Gasteiger charge is 2.33. The smallest absolute Gasteiger partial charge is 0.240 e. The fraction of sp³-hybridized carbons (Fsp3) is 0.368. The van der Waals surface area contributed by atoms with E-state index in [2.05, 4.69) is 16.9 Å². The number of hydrogen-bond donors (Lipinski definition) is 2. The largest absolute Gasteiger partial charge is 0.395 e. The summed E-state index contributed by atoms with van der Waals surface area (Å²) in [4.78, 5) is 0.208. The van der Waals surface area contributed by atoms with Crippen molar-refractivity contribution in [1.82, 2.24) is 4.72 Å². The van der Waals surface area contributed by atoms with Gasteiger partial charge in [-0.15, -0.1) is 0 Å². The number of sulfonamides is 1. The van der Waals surface area contributed by atoms with Crippen molar-refractivity contribution in [1.29, 1.82) is 0 Å². The van der Waals surface area contributed by atoms with E-state index in [4.69, 9.17) is 0 Å². The Kier molecular flexibility index (Phi) is 7.61. The molecule has 0 aromatic heterocycles. The lowest BCUT2D eigenvalue weighted by Crippen LogP contribution is -2.49. The zero-order chi connectivity index (χ0) is 19.2. The van der Waals surface area contributed by atoms with Gasteiger partial charge < -0.3 is 5.11 Å². The average Bonchev–Trinajstić information content (AvgIpc) is 2.60. The minimum Gasteiger partial charge on any atom is -0.395 e. The lowest BCUT2D eigenvalue weighted by molar-refractivity contribution is 0.238. The van der Waals surface area contributed by atoms with Gasteiger partial charge in [0.05, 0.1) is 17.5 Å². The van der Waals surface area contributed by atoms with Gasteiger partial charge in [0.15, 0.2) is 0 Å². The summed E-state index contributed by atoms with van der Waals surface area (Å²) in [6, 6.07) is 16.2. The number of aryl methyl sites for hydroxylation is 1. The molecule has 0 bridgehead atoms. The van der Waals surface area contributed by atoms with E-state index in [1.807, 2.05) is 39.0 Å². The van der Waals surface area contributed by atoms with E-state index in [1.165, 1.54) is 5.56 Å². The summed E-state index contributed by atoms with van der Waals surface area (Å²) in [5.41, 5.74) is 2.21. The van der Waals surface area contributed by atoms with Crippen molar-refractivity contribution in [3.8, 4) is 0 Å². The minimum atomic E-state index is -3.68.